The van der Waals surface area contributed by atoms with Crippen LogP contribution < -0.4 is 20.1 Å². The van der Waals surface area contributed by atoms with Gasteiger partial charge in [-0.2, -0.15) is 0 Å². The summed E-state index contributed by atoms with van der Waals surface area (Å²) in [5.41, 5.74) is 1.04. The summed E-state index contributed by atoms with van der Waals surface area (Å²) < 4.78 is 12.2. The van der Waals surface area contributed by atoms with Gasteiger partial charge in [0.25, 0.3) is 11.5 Å². The SMILES string of the molecule is CC(Nc1ccc2c(c1)OC1(CCCCC1)O2)C(=O)Nc1cccc([N+](=O)[O-])c1. The smallest absolute Gasteiger partial charge is 0.271 e. The van der Waals surface area contributed by atoms with Crippen LogP contribution in [0, 0.1) is 10.1 Å². The Kier molecular flexibility index (Phi) is 5.00. The molecular weight excluding hydrogens is 374 g/mol. The van der Waals surface area contributed by atoms with Gasteiger partial charge >= 0.3 is 0 Å². The number of benzene rings is 2. The van der Waals surface area contributed by atoms with Crippen molar-refractivity contribution in [2.45, 2.75) is 50.9 Å². The summed E-state index contributed by atoms with van der Waals surface area (Å²) in [6.45, 7) is 1.72. The molecule has 0 aromatic heterocycles. The molecule has 4 rings (SSSR count). The first kappa shape index (κ1) is 19.0. The Hall–Kier alpha value is -3.29. The number of nitrogens with zero attached hydrogens (tertiary/aromatic N) is 1. The number of carbonyl (C=O) groups is 1. The highest BCUT2D eigenvalue weighted by molar-refractivity contribution is 5.96. The fourth-order valence-electron chi connectivity index (χ4n) is 3.74. The third-order valence-electron chi connectivity index (χ3n) is 5.25. The van der Waals surface area contributed by atoms with Crippen LogP contribution in [0.3, 0.4) is 0 Å². The van der Waals surface area contributed by atoms with Crippen molar-refractivity contribution < 1.29 is 19.2 Å². The van der Waals surface area contributed by atoms with Crippen molar-refractivity contribution in [2.24, 2.45) is 0 Å². The first-order valence-corrected chi connectivity index (χ1v) is 9.78. The number of hydrogen-bond donors (Lipinski definition) is 2. The normalized spacial score (nSPS) is 17.6. The lowest BCUT2D eigenvalue weighted by atomic mass is 9.94. The zero-order chi connectivity index (χ0) is 20.4. The molecule has 152 valence electrons. The van der Waals surface area contributed by atoms with Gasteiger partial charge in [-0.25, -0.2) is 0 Å². The number of anilines is 2. The van der Waals surface area contributed by atoms with Crippen molar-refractivity contribution in [3.8, 4) is 11.5 Å². The number of nitro groups is 1. The fraction of sp³-hybridized carbons (Fsp3) is 0.381. The van der Waals surface area contributed by atoms with Crippen LogP contribution in [0.2, 0.25) is 0 Å². The van der Waals surface area contributed by atoms with Gasteiger partial charge in [0.2, 0.25) is 5.91 Å². The zero-order valence-electron chi connectivity index (χ0n) is 16.1. The lowest BCUT2D eigenvalue weighted by molar-refractivity contribution is -0.384. The molecule has 1 aliphatic heterocycles. The maximum atomic E-state index is 12.5. The van der Waals surface area contributed by atoms with E-state index in [1.807, 2.05) is 18.2 Å². The lowest BCUT2D eigenvalue weighted by Crippen LogP contribution is -2.40. The number of amides is 1. The van der Waals surface area contributed by atoms with Crippen LogP contribution in [0.1, 0.15) is 39.0 Å². The second-order valence-electron chi connectivity index (χ2n) is 7.50. The van der Waals surface area contributed by atoms with Crippen LogP contribution >= 0.6 is 0 Å². The summed E-state index contributed by atoms with van der Waals surface area (Å²) >= 11 is 0. The molecule has 1 aliphatic carbocycles. The minimum atomic E-state index is -0.557. The molecule has 2 aromatic carbocycles. The molecule has 1 amide bonds. The van der Waals surface area contributed by atoms with Crippen LogP contribution in [0.25, 0.3) is 0 Å². The van der Waals surface area contributed by atoms with Crippen molar-refractivity contribution in [3.63, 3.8) is 0 Å². The second-order valence-corrected chi connectivity index (χ2v) is 7.50. The largest absolute Gasteiger partial charge is 0.448 e. The van der Waals surface area contributed by atoms with Gasteiger partial charge in [-0.05, 0) is 38.0 Å². The number of carbonyl (C=O) groups excluding carboxylic acids is 1. The van der Waals surface area contributed by atoms with Crippen molar-refractivity contribution in [1.29, 1.82) is 0 Å². The fourth-order valence-corrected chi connectivity index (χ4v) is 3.74. The van der Waals surface area contributed by atoms with Crippen LogP contribution in [0.15, 0.2) is 42.5 Å². The quantitative estimate of drug-likeness (QED) is 0.570. The van der Waals surface area contributed by atoms with Gasteiger partial charge in [0, 0.05) is 42.4 Å². The average Bonchev–Trinajstić information content (AvgIpc) is 3.05. The number of nitrogens with one attached hydrogen (secondary N) is 2. The van der Waals surface area contributed by atoms with Crippen LogP contribution in [0.5, 0.6) is 11.5 Å². The molecule has 1 saturated carbocycles. The molecule has 29 heavy (non-hydrogen) atoms. The molecule has 1 spiro atoms. The molecule has 2 aromatic rings. The minimum Gasteiger partial charge on any atom is -0.448 e. The summed E-state index contributed by atoms with van der Waals surface area (Å²) in [6.07, 6.45) is 5.15. The van der Waals surface area contributed by atoms with Gasteiger partial charge < -0.3 is 20.1 Å². The van der Waals surface area contributed by atoms with E-state index < -0.39 is 16.8 Å². The molecule has 2 aliphatic rings. The molecule has 1 unspecified atom stereocenters. The Morgan fingerprint density at radius 3 is 2.59 bits per heavy atom. The third kappa shape index (κ3) is 4.11. The summed E-state index contributed by atoms with van der Waals surface area (Å²) in [6, 6.07) is 10.8. The van der Waals surface area contributed by atoms with Crippen molar-refractivity contribution in [2.75, 3.05) is 10.6 Å². The van der Waals surface area contributed by atoms with Crippen molar-refractivity contribution in [1.82, 2.24) is 0 Å². The van der Waals surface area contributed by atoms with Gasteiger partial charge in [0.1, 0.15) is 6.04 Å². The van der Waals surface area contributed by atoms with Gasteiger partial charge in [-0.3, -0.25) is 14.9 Å². The van der Waals surface area contributed by atoms with Crippen molar-refractivity contribution >= 4 is 23.0 Å². The molecule has 0 saturated heterocycles. The Morgan fingerprint density at radius 2 is 1.83 bits per heavy atom. The number of fused-ring (bicyclic) bond motifs is 1. The number of non-ortho nitro benzene ring substituents is 1. The molecule has 8 heteroatoms. The summed E-state index contributed by atoms with van der Waals surface area (Å²) in [5.74, 6) is 0.575. The van der Waals surface area contributed by atoms with Gasteiger partial charge in [0.15, 0.2) is 11.5 Å². The summed E-state index contributed by atoms with van der Waals surface area (Å²) in [7, 11) is 0. The molecular formula is C21H23N3O5. The highest BCUT2D eigenvalue weighted by atomic mass is 16.7. The highest BCUT2D eigenvalue weighted by Crippen LogP contribution is 2.46. The molecule has 0 radical (unpaired) electrons. The van der Waals surface area contributed by atoms with E-state index in [1.165, 1.54) is 24.6 Å². The Balaban J connectivity index is 1.40. The van der Waals surface area contributed by atoms with Gasteiger partial charge in [-0.1, -0.05) is 12.5 Å². The predicted octanol–water partition coefficient (Wildman–Crippen LogP) is 4.47. The molecule has 1 fully saturated rings. The van der Waals surface area contributed by atoms with E-state index in [4.69, 9.17) is 9.47 Å². The monoisotopic (exact) mass is 397 g/mol. The maximum absolute atomic E-state index is 12.5. The van der Waals surface area contributed by atoms with Crippen molar-refractivity contribution in [3.05, 3.63) is 52.6 Å². The van der Waals surface area contributed by atoms with E-state index >= 15 is 0 Å². The Morgan fingerprint density at radius 1 is 1.07 bits per heavy atom. The van der Waals surface area contributed by atoms with Gasteiger partial charge in [0.05, 0.1) is 4.92 Å². The zero-order valence-corrected chi connectivity index (χ0v) is 16.1. The number of ether oxygens (including phenoxy) is 2. The van der Waals surface area contributed by atoms with E-state index in [9.17, 15) is 14.9 Å². The highest BCUT2D eigenvalue weighted by Gasteiger charge is 2.42. The minimum absolute atomic E-state index is 0.0733. The first-order chi connectivity index (χ1) is 13.9. The number of nitro benzene ring substituents is 1. The molecule has 1 atom stereocenters. The topological polar surface area (TPSA) is 103 Å². The average molecular weight is 397 g/mol. The third-order valence-corrected chi connectivity index (χ3v) is 5.25. The standard InChI is InChI=1S/C21H23N3O5/c1-14(20(25)23-15-6-5-7-17(12-15)24(26)27)22-16-8-9-18-19(13-16)29-21(28-18)10-3-2-4-11-21/h5-9,12-14,22H,2-4,10-11H2,1H3,(H,23,25). The first-order valence-electron chi connectivity index (χ1n) is 9.78. The summed E-state index contributed by atoms with van der Waals surface area (Å²) in [4.78, 5) is 22.9. The van der Waals surface area contributed by atoms with E-state index in [0.29, 0.717) is 11.4 Å². The van der Waals surface area contributed by atoms with E-state index in [-0.39, 0.29) is 11.6 Å². The van der Waals surface area contributed by atoms with E-state index in [2.05, 4.69) is 10.6 Å². The number of rotatable bonds is 5. The van der Waals surface area contributed by atoms with Gasteiger partial charge in [-0.15, -0.1) is 0 Å². The van der Waals surface area contributed by atoms with Crippen LogP contribution in [-0.4, -0.2) is 22.7 Å². The Labute approximate surface area is 168 Å². The second kappa shape index (κ2) is 7.62. The molecule has 2 N–H and O–H groups in total. The van der Waals surface area contributed by atoms with E-state index in [0.717, 1.165) is 37.1 Å². The maximum Gasteiger partial charge on any atom is 0.271 e. The summed E-state index contributed by atoms with van der Waals surface area (Å²) in [5, 5.41) is 16.7. The molecule has 0 bridgehead atoms. The Bertz CT molecular complexity index is 940. The predicted molar refractivity (Wildman–Crippen MR) is 108 cm³/mol. The molecule has 8 nitrogen and oxygen atoms in total. The van der Waals surface area contributed by atoms with Crippen LogP contribution in [0.4, 0.5) is 17.1 Å². The molecule has 1 heterocycles. The number of hydrogen-bond acceptors (Lipinski definition) is 6. The lowest BCUT2D eigenvalue weighted by Gasteiger charge is -2.31. The van der Waals surface area contributed by atoms with E-state index in [1.54, 1.807) is 13.0 Å². The van der Waals surface area contributed by atoms with Crippen LogP contribution in [-0.2, 0) is 4.79 Å².